The number of aliphatic imine (C=N–C) groups is 2. The molecule has 33 nitrogen and oxygen atoms in total. The molecule has 6 aromatic rings. The van der Waals surface area contributed by atoms with Crippen molar-refractivity contribution in [1.82, 2.24) is 48.6 Å². The second kappa shape index (κ2) is 41.6. The molecule has 4 atom stereocenters. The molecule has 0 aliphatic carbocycles. The van der Waals surface area contributed by atoms with Crippen molar-refractivity contribution in [2.75, 3.05) is 50.8 Å². The maximum Gasteiger partial charge on any atom is 0.471 e. The van der Waals surface area contributed by atoms with Crippen LogP contribution in [0.15, 0.2) is 118 Å². The van der Waals surface area contributed by atoms with Crippen LogP contribution in [0, 0.1) is 41.1 Å². The molecule has 660 valence electrons. The quantitative estimate of drug-likeness (QED) is 0.0348. The lowest BCUT2D eigenvalue weighted by Crippen LogP contribution is -2.42. The van der Waals surface area contributed by atoms with E-state index >= 15 is 0 Å². The van der Waals surface area contributed by atoms with Gasteiger partial charge >= 0.3 is 54.3 Å². The number of aromatic nitrogens is 5. The van der Waals surface area contributed by atoms with E-state index in [1.54, 1.807) is 81.5 Å². The summed E-state index contributed by atoms with van der Waals surface area (Å²) in [5, 5.41) is 18.4. The number of aryl methyl sites for hydroxylation is 2. The summed E-state index contributed by atoms with van der Waals surface area (Å²) in [7, 11) is 3.70. The maximum atomic E-state index is 13.4. The van der Waals surface area contributed by atoms with Crippen LogP contribution in [0.4, 0.5) is 57.8 Å². The predicted octanol–water partition coefficient (Wildman–Crippen LogP) is 14.9. The third-order valence-corrected chi connectivity index (χ3v) is 18.3. The summed E-state index contributed by atoms with van der Waals surface area (Å²) >= 11 is 0. The number of alkyl halides is 3. The Morgan fingerprint density at radius 3 is 1.40 bits per heavy atom. The van der Waals surface area contributed by atoms with Crippen molar-refractivity contribution in [3.05, 3.63) is 159 Å². The molecule has 7 aliphatic heterocycles. The number of imide groups is 1. The van der Waals surface area contributed by atoms with Gasteiger partial charge in [0.05, 0.1) is 84.5 Å². The summed E-state index contributed by atoms with van der Waals surface area (Å²) in [5.74, 6) is -0.204. The van der Waals surface area contributed by atoms with Crippen molar-refractivity contribution in [1.29, 1.82) is 5.41 Å². The molecule has 10 heterocycles. The van der Waals surface area contributed by atoms with E-state index in [4.69, 9.17) is 45.3 Å². The first-order valence-corrected chi connectivity index (χ1v) is 38.8. The Labute approximate surface area is 707 Å². The van der Waals surface area contributed by atoms with Crippen LogP contribution in [-0.4, -0.2) is 206 Å². The van der Waals surface area contributed by atoms with Gasteiger partial charge in [0, 0.05) is 101 Å². The smallest absolute Gasteiger partial charge is 0.471 e. The zero-order valence-corrected chi connectivity index (χ0v) is 72.9. The molecule has 13 rings (SSSR count). The summed E-state index contributed by atoms with van der Waals surface area (Å²) in [4.78, 5) is 125. The van der Waals surface area contributed by atoms with Crippen LogP contribution < -0.4 is 25.8 Å². The number of carbonyl (C=O) groups excluding carboxylic acids is 7. The molecule has 3 aromatic heterocycles. The molecular weight excluding hydrogens is 1600 g/mol. The lowest BCUT2D eigenvalue weighted by Gasteiger charge is -2.24. The first-order chi connectivity index (χ1) is 55.8. The average Bonchev–Trinajstić information content (AvgIpc) is 1.67. The Kier molecular flexibility index (Phi) is 33.8. The number of rotatable bonds is 6. The van der Waals surface area contributed by atoms with E-state index in [1.807, 2.05) is 115 Å². The van der Waals surface area contributed by atoms with Crippen LogP contribution in [0.2, 0.25) is 0 Å². The highest BCUT2D eigenvalue weighted by Gasteiger charge is 2.46. The molecule has 2 saturated heterocycles. The van der Waals surface area contributed by atoms with Gasteiger partial charge in [0.1, 0.15) is 51.4 Å². The Morgan fingerprint density at radius 2 is 1.00 bits per heavy atom. The fourth-order valence-corrected chi connectivity index (χ4v) is 12.7. The maximum absolute atomic E-state index is 13.4. The Bertz CT molecular complexity index is 4680. The number of benzene rings is 3. The third kappa shape index (κ3) is 29.4. The number of ether oxygens (including phenoxy) is 7. The van der Waals surface area contributed by atoms with Gasteiger partial charge in [0.2, 0.25) is 5.82 Å². The molecule has 121 heavy (non-hydrogen) atoms. The number of nitro groups is 1. The number of nitrogens with one attached hydrogen (secondary N) is 1. The highest BCUT2D eigenvalue weighted by Crippen LogP contribution is 2.35. The SMILES string of the molecule is CC(C)(C)OC(=O)N1C[C@@H](N)[C@@H](N)C1.CC1=NC2=C(C1)CN(C(=O)OC(C)(C)C)C2.CC1=NC2CN(C(=O)OC(C)(C)C)CC2C1.CCOC(C)=N.Cc1nc2c(n1C)CN(C(=O)C(F)(F)F)C2.Cc1nc2c(n1C)CN(C(=O)OC(C)(C)C)C2.Cl.O=C(Oc1ccccc1)N(C(=O)Oc1ccccc1)c1nc(-c2ccc(F)cc2)ccc1[N+](=O)[O-]. The average molecular weight is 1720 g/mol. The van der Waals surface area contributed by atoms with Crippen LogP contribution in [0.5, 0.6) is 11.5 Å². The van der Waals surface area contributed by atoms with Crippen molar-refractivity contribution in [2.24, 2.45) is 41.5 Å². The van der Waals surface area contributed by atoms with Gasteiger partial charge in [-0.1, -0.05) is 36.4 Å². The fraction of sp³-hybridized carbons (Fsp3) is 0.506. The molecule has 5 N–H and O–H groups in total. The number of likely N-dealkylation sites (tertiary alicyclic amines) is 2. The fourth-order valence-electron chi connectivity index (χ4n) is 12.7. The van der Waals surface area contributed by atoms with Crippen LogP contribution in [0.25, 0.3) is 11.3 Å². The Balaban J connectivity index is 0.000000229. The van der Waals surface area contributed by atoms with E-state index in [2.05, 4.69) is 36.6 Å². The van der Waals surface area contributed by atoms with E-state index in [0.717, 1.165) is 71.3 Å². The second-order valence-corrected chi connectivity index (χ2v) is 33.1. The van der Waals surface area contributed by atoms with E-state index in [0.29, 0.717) is 79.7 Å². The lowest BCUT2D eigenvalue weighted by atomic mass is 10.0. The second-order valence-electron chi connectivity index (χ2n) is 33.1. The van der Waals surface area contributed by atoms with Gasteiger partial charge < -0.3 is 68.5 Å². The number of hydrogen-bond donors (Lipinski definition) is 3. The number of nitrogens with zero attached hydrogens (tertiary/aromatic N) is 14. The highest BCUT2D eigenvalue weighted by atomic mass is 35.5. The van der Waals surface area contributed by atoms with Crippen LogP contribution >= 0.6 is 12.4 Å². The number of amides is 7. The highest BCUT2D eigenvalue weighted by molar-refractivity contribution is 6.11. The number of fused-ring (bicyclic) bond motifs is 3. The standard InChI is InChI=1S/C25H16FN3O6.C12H19N3O2.C12H20N2O2.C12H18N2O2.C9H10F3N3O.C9H19N3O2.C4H9NO.ClH/c26-18-13-11-17(12-14-18)21-15-16-22(29(32)33)23(27-21)28(24(30)34-19-7-3-1-4-8-19)25(31)35-20-9-5-2-6-10-20;1-8-13-9-6-15(7-10(9)14(8)5)11(16)17-12(2,3)4;2*1-8-5-9-6-14(7-10(9)13-8)11(15)16-12(2,3)4;1-5-13-6-3-15(4-7(6)14(5)2)8(16)9(10,11)12;1-9(2,3)14-8(13)12-4-6(10)7(11)5-12;1-3-6-4(2)5;/h1-16H;6-7H2,1-5H3;9-10H,5-7H2,1-4H3;5-7H2,1-4H3;3-4H2,1-2H3;6-7H,4-5,10-11H2,1-3H3;5H,3H2,1-2H3;1H/t;;;;;6-,7+;;. The number of carbonyl (C=O) groups is 7. The van der Waals surface area contributed by atoms with Crippen molar-refractivity contribution in [2.45, 2.75) is 210 Å². The van der Waals surface area contributed by atoms with Crippen molar-refractivity contribution >= 4 is 83.7 Å². The van der Waals surface area contributed by atoms with Crippen molar-refractivity contribution in [3.8, 4) is 22.8 Å². The molecule has 3 aromatic carbocycles. The Morgan fingerprint density at radius 1 is 0.570 bits per heavy atom. The first-order valence-electron chi connectivity index (χ1n) is 38.8. The minimum atomic E-state index is -4.81. The normalized spacial score (nSPS) is 17.2. The summed E-state index contributed by atoms with van der Waals surface area (Å²) < 4.78 is 90.0. The topological polar surface area (TPSA) is 396 Å². The van der Waals surface area contributed by atoms with Gasteiger partial charge in [-0.25, -0.2) is 48.1 Å². The number of para-hydroxylation sites is 2. The predicted molar refractivity (Wildman–Crippen MR) is 447 cm³/mol. The molecule has 2 fully saturated rings. The number of halogens is 5. The monoisotopic (exact) mass is 1710 g/mol. The van der Waals surface area contributed by atoms with Crippen LogP contribution in [0.1, 0.15) is 158 Å². The lowest BCUT2D eigenvalue weighted by molar-refractivity contribution is -0.384. The van der Waals surface area contributed by atoms with Crippen molar-refractivity contribution in [3.63, 3.8) is 0 Å². The van der Waals surface area contributed by atoms with Gasteiger partial charge in [-0.3, -0.25) is 40.1 Å². The van der Waals surface area contributed by atoms with Gasteiger partial charge in [0.25, 0.3) is 0 Å². The molecular formula is C83H112ClF4N17O16. The molecule has 2 unspecified atom stereocenters. The Hall–Kier alpha value is -11.6. The van der Waals surface area contributed by atoms with Crippen LogP contribution in [0.3, 0.4) is 0 Å². The summed E-state index contributed by atoms with van der Waals surface area (Å²) in [6.45, 7) is 39.1. The zero-order valence-electron chi connectivity index (χ0n) is 72.1. The minimum absolute atomic E-state index is 0. The van der Waals surface area contributed by atoms with Gasteiger partial charge in [-0.15, -0.1) is 12.4 Å². The molecule has 38 heteroatoms. The molecule has 7 aliphatic rings. The number of pyridine rings is 1. The molecule has 0 bridgehead atoms. The minimum Gasteiger partial charge on any atom is -0.482 e. The molecule has 0 radical (unpaired) electrons. The van der Waals surface area contributed by atoms with E-state index < -0.39 is 68.9 Å². The summed E-state index contributed by atoms with van der Waals surface area (Å²) in [6, 6.07) is 23.3. The summed E-state index contributed by atoms with van der Waals surface area (Å²) in [6.07, 6.45) is -6.46. The van der Waals surface area contributed by atoms with Gasteiger partial charge in [-0.2, -0.15) is 18.1 Å². The van der Waals surface area contributed by atoms with Gasteiger partial charge in [0.15, 0.2) is 5.90 Å². The number of anilines is 1. The summed E-state index contributed by atoms with van der Waals surface area (Å²) in [5.41, 5.74) is 17.6. The largest absolute Gasteiger partial charge is 0.482 e. The van der Waals surface area contributed by atoms with E-state index in [9.17, 15) is 61.2 Å². The molecule has 0 spiro atoms. The number of nitrogens with two attached hydrogens (primary N) is 2. The van der Waals surface area contributed by atoms with E-state index in [1.165, 1.54) is 65.9 Å². The van der Waals surface area contributed by atoms with Gasteiger partial charge in [-0.05, 0) is 184 Å². The molecule has 0 saturated carbocycles. The first kappa shape index (κ1) is 98.2. The number of imidazole rings is 2. The zero-order chi connectivity index (χ0) is 89.4. The van der Waals surface area contributed by atoms with Crippen molar-refractivity contribution < 1.29 is 89.2 Å². The van der Waals surface area contributed by atoms with Crippen LogP contribution in [-0.2, 0) is 68.8 Å². The third-order valence-electron chi connectivity index (χ3n) is 18.3. The van der Waals surface area contributed by atoms with E-state index in [-0.39, 0.29) is 85.0 Å². The number of hydrogen-bond acceptors (Lipinski definition) is 24. The molecule has 7 amide bonds.